The maximum absolute atomic E-state index is 5.52. The van der Waals surface area contributed by atoms with Gasteiger partial charge in [-0.3, -0.25) is 11.3 Å². The van der Waals surface area contributed by atoms with Gasteiger partial charge in [-0.05, 0) is 25.7 Å². The summed E-state index contributed by atoms with van der Waals surface area (Å²) in [5.74, 6) is 6.17. The summed E-state index contributed by atoms with van der Waals surface area (Å²) in [5.41, 5.74) is 4.02. The minimum absolute atomic E-state index is 0.292. The Hall–Kier alpha value is -0.340. The Morgan fingerprint density at radius 3 is 2.00 bits per heavy atom. The van der Waals surface area contributed by atoms with Crippen LogP contribution in [0.2, 0.25) is 0 Å². The van der Waals surface area contributed by atoms with Gasteiger partial charge in [0.1, 0.15) is 0 Å². The first kappa shape index (κ1) is 12.7. The maximum Gasteiger partial charge on any atom is 0.0442 e. The van der Waals surface area contributed by atoms with E-state index in [1.54, 1.807) is 0 Å². The molecular weight excluding hydrogens is 160 g/mol. The lowest BCUT2D eigenvalue weighted by atomic mass is 9.87. The van der Waals surface area contributed by atoms with Crippen LogP contribution in [-0.2, 0) is 0 Å². The topological polar surface area (TPSA) is 38.0 Å². The number of hydrogen-bond donors (Lipinski definition) is 2. The first-order chi connectivity index (χ1) is 6.17. The Bertz CT molecular complexity index is 137. The first-order valence-corrected chi connectivity index (χ1v) is 5.28. The predicted molar refractivity (Wildman–Crippen MR) is 59.2 cm³/mol. The van der Waals surface area contributed by atoms with E-state index in [2.05, 4.69) is 25.9 Å². The lowest BCUT2D eigenvalue weighted by Crippen LogP contribution is -2.41. The highest BCUT2D eigenvalue weighted by Gasteiger charge is 2.18. The van der Waals surface area contributed by atoms with Crippen LogP contribution in [0.1, 0.15) is 46.5 Å². The zero-order valence-electron chi connectivity index (χ0n) is 9.27. The summed E-state index contributed by atoms with van der Waals surface area (Å²) < 4.78 is 0. The average molecular weight is 184 g/mol. The van der Waals surface area contributed by atoms with Crippen LogP contribution in [0, 0.1) is 5.92 Å². The van der Waals surface area contributed by atoms with E-state index in [1.165, 1.54) is 25.7 Å². The third-order valence-electron chi connectivity index (χ3n) is 2.50. The molecule has 0 saturated heterocycles. The van der Waals surface area contributed by atoms with Crippen molar-refractivity contribution in [3.63, 3.8) is 0 Å². The van der Waals surface area contributed by atoms with Crippen LogP contribution >= 0.6 is 0 Å². The number of nitrogens with one attached hydrogen (secondary N) is 1. The molecule has 1 atom stereocenters. The molecule has 3 N–H and O–H groups in total. The fourth-order valence-corrected chi connectivity index (χ4v) is 1.90. The lowest BCUT2D eigenvalue weighted by molar-refractivity contribution is 0.346. The van der Waals surface area contributed by atoms with Crippen LogP contribution < -0.4 is 11.3 Å². The second-order valence-electron chi connectivity index (χ2n) is 3.83. The van der Waals surface area contributed by atoms with Crippen LogP contribution in [0.15, 0.2) is 12.2 Å². The van der Waals surface area contributed by atoms with E-state index in [0.29, 0.717) is 12.0 Å². The van der Waals surface area contributed by atoms with Crippen molar-refractivity contribution in [2.24, 2.45) is 11.8 Å². The largest absolute Gasteiger partial charge is 0.271 e. The van der Waals surface area contributed by atoms with Crippen LogP contribution in [0.25, 0.3) is 0 Å². The van der Waals surface area contributed by atoms with Gasteiger partial charge in [-0.25, -0.2) is 0 Å². The molecule has 0 saturated carbocycles. The predicted octanol–water partition coefficient (Wildman–Crippen LogP) is 2.61. The standard InChI is InChI=1S/C11H24N2/c1-5-7-10(8-6-2)11(13-12)9(3)4/h10-11,13H,3,5-8,12H2,1-2,4H3. The Morgan fingerprint density at radius 1 is 1.31 bits per heavy atom. The van der Waals surface area contributed by atoms with E-state index in [-0.39, 0.29) is 0 Å². The highest BCUT2D eigenvalue weighted by atomic mass is 15.2. The molecule has 0 aliphatic heterocycles. The van der Waals surface area contributed by atoms with Crippen molar-refractivity contribution in [2.45, 2.75) is 52.5 Å². The molecule has 0 aromatic carbocycles. The molecule has 0 rings (SSSR count). The zero-order valence-corrected chi connectivity index (χ0v) is 9.27. The molecule has 2 heteroatoms. The summed E-state index contributed by atoms with van der Waals surface area (Å²) in [6.07, 6.45) is 4.90. The summed E-state index contributed by atoms with van der Waals surface area (Å²) >= 11 is 0. The Morgan fingerprint density at radius 2 is 1.77 bits per heavy atom. The van der Waals surface area contributed by atoms with Gasteiger partial charge in [0.25, 0.3) is 0 Å². The molecule has 0 spiro atoms. The molecule has 0 aliphatic carbocycles. The van der Waals surface area contributed by atoms with E-state index < -0.39 is 0 Å². The van der Waals surface area contributed by atoms with Crippen molar-refractivity contribution < 1.29 is 0 Å². The molecule has 0 heterocycles. The summed E-state index contributed by atoms with van der Waals surface area (Å²) in [7, 11) is 0. The molecule has 78 valence electrons. The molecule has 0 aromatic heterocycles. The highest BCUT2D eigenvalue weighted by Crippen LogP contribution is 2.21. The Kier molecular flexibility index (Phi) is 6.92. The van der Waals surface area contributed by atoms with Crippen LogP contribution in [0.4, 0.5) is 0 Å². The minimum Gasteiger partial charge on any atom is -0.271 e. The van der Waals surface area contributed by atoms with E-state index in [9.17, 15) is 0 Å². The van der Waals surface area contributed by atoms with E-state index in [1.807, 2.05) is 6.92 Å². The van der Waals surface area contributed by atoms with Gasteiger partial charge in [-0.15, -0.1) is 0 Å². The fourth-order valence-electron chi connectivity index (χ4n) is 1.90. The highest BCUT2D eigenvalue weighted by molar-refractivity contribution is 5.03. The number of nitrogens with two attached hydrogens (primary N) is 1. The monoisotopic (exact) mass is 184 g/mol. The van der Waals surface area contributed by atoms with Gasteiger partial charge < -0.3 is 0 Å². The smallest absolute Gasteiger partial charge is 0.0442 e. The second kappa shape index (κ2) is 7.10. The first-order valence-electron chi connectivity index (χ1n) is 5.28. The van der Waals surface area contributed by atoms with Crippen molar-refractivity contribution in [2.75, 3.05) is 0 Å². The van der Waals surface area contributed by atoms with Gasteiger partial charge in [-0.2, -0.15) is 0 Å². The van der Waals surface area contributed by atoms with Crippen molar-refractivity contribution in [3.05, 3.63) is 12.2 Å². The molecule has 0 bridgehead atoms. The Labute approximate surface area is 82.6 Å². The minimum atomic E-state index is 0.292. The summed E-state index contributed by atoms with van der Waals surface area (Å²) in [6, 6.07) is 0.292. The molecular formula is C11H24N2. The molecule has 0 aliphatic rings. The van der Waals surface area contributed by atoms with E-state index in [0.717, 1.165) is 5.57 Å². The SMILES string of the molecule is C=C(C)C(NN)C(CCC)CCC. The molecule has 0 aromatic rings. The van der Waals surface area contributed by atoms with Gasteiger partial charge in [0, 0.05) is 6.04 Å². The van der Waals surface area contributed by atoms with Crippen LogP contribution in [0.3, 0.4) is 0 Å². The third-order valence-corrected chi connectivity index (χ3v) is 2.50. The Balaban J connectivity index is 4.20. The molecule has 0 fully saturated rings. The van der Waals surface area contributed by atoms with Crippen molar-refractivity contribution in [1.29, 1.82) is 0 Å². The molecule has 2 nitrogen and oxygen atoms in total. The van der Waals surface area contributed by atoms with Crippen molar-refractivity contribution in [1.82, 2.24) is 5.43 Å². The fraction of sp³-hybridized carbons (Fsp3) is 0.818. The lowest BCUT2D eigenvalue weighted by Gasteiger charge is -2.26. The quantitative estimate of drug-likeness (QED) is 0.362. The van der Waals surface area contributed by atoms with Crippen molar-refractivity contribution in [3.8, 4) is 0 Å². The molecule has 0 radical (unpaired) electrons. The third kappa shape index (κ3) is 4.44. The molecule has 0 amide bonds. The van der Waals surface area contributed by atoms with Gasteiger partial charge in [-0.1, -0.05) is 38.8 Å². The number of hydrogen-bond acceptors (Lipinski definition) is 2. The van der Waals surface area contributed by atoms with E-state index >= 15 is 0 Å². The summed E-state index contributed by atoms with van der Waals surface area (Å²) in [5, 5.41) is 0. The average Bonchev–Trinajstić information content (AvgIpc) is 2.05. The van der Waals surface area contributed by atoms with Gasteiger partial charge >= 0.3 is 0 Å². The number of rotatable bonds is 7. The second-order valence-corrected chi connectivity index (χ2v) is 3.83. The van der Waals surface area contributed by atoms with Crippen LogP contribution in [-0.4, -0.2) is 6.04 Å². The summed E-state index contributed by atoms with van der Waals surface area (Å²) in [6.45, 7) is 10.4. The normalized spacial score (nSPS) is 13.3. The molecule has 13 heavy (non-hydrogen) atoms. The van der Waals surface area contributed by atoms with Gasteiger partial charge in [0.05, 0.1) is 0 Å². The zero-order chi connectivity index (χ0) is 10.3. The van der Waals surface area contributed by atoms with Gasteiger partial charge in [0.15, 0.2) is 0 Å². The summed E-state index contributed by atoms with van der Waals surface area (Å²) in [4.78, 5) is 0. The van der Waals surface area contributed by atoms with Crippen LogP contribution in [0.5, 0.6) is 0 Å². The van der Waals surface area contributed by atoms with E-state index in [4.69, 9.17) is 5.84 Å². The number of hydrazine groups is 1. The van der Waals surface area contributed by atoms with Crippen molar-refractivity contribution >= 4 is 0 Å². The maximum atomic E-state index is 5.52. The molecule has 1 unspecified atom stereocenters. The van der Waals surface area contributed by atoms with Gasteiger partial charge in [0.2, 0.25) is 0 Å².